The van der Waals surface area contributed by atoms with Crippen LogP contribution < -0.4 is 4.74 Å². The van der Waals surface area contributed by atoms with Crippen molar-refractivity contribution in [3.8, 4) is 5.75 Å². The van der Waals surface area contributed by atoms with E-state index in [0.717, 1.165) is 11.3 Å². The predicted molar refractivity (Wildman–Crippen MR) is 66.4 cm³/mol. The first-order chi connectivity index (χ1) is 9.48. The summed E-state index contributed by atoms with van der Waals surface area (Å²) < 4.78 is 52.4. The quantitative estimate of drug-likeness (QED) is 0.846. The molecule has 6 heteroatoms. The highest BCUT2D eigenvalue weighted by molar-refractivity contribution is 5.27. The fourth-order valence-electron chi connectivity index (χ4n) is 2.03. The number of hydrogen-bond acceptors (Lipinski definition) is 3. The second-order valence-electron chi connectivity index (χ2n) is 4.79. The molecule has 0 radical (unpaired) electrons. The summed E-state index contributed by atoms with van der Waals surface area (Å²) in [7, 11) is 1.58. The van der Waals surface area contributed by atoms with Crippen molar-refractivity contribution in [2.75, 3.05) is 20.3 Å². The lowest BCUT2D eigenvalue weighted by Gasteiger charge is -2.29. The van der Waals surface area contributed by atoms with E-state index in [9.17, 15) is 13.2 Å². The van der Waals surface area contributed by atoms with E-state index < -0.39 is 18.9 Å². The summed E-state index contributed by atoms with van der Waals surface area (Å²) in [6.45, 7) is 0.569. The van der Waals surface area contributed by atoms with Crippen LogP contribution in [0.5, 0.6) is 5.75 Å². The smallest absolute Gasteiger partial charge is 0.389 e. The van der Waals surface area contributed by atoms with Crippen LogP contribution in [0.4, 0.5) is 13.2 Å². The predicted octanol–water partition coefficient (Wildman–Crippen LogP) is 3.70. The van der Waals surface area contributed by atoms with Crippen molar-refractivity contribution >= 4 is 0 Å². The van der Waals surface area contributed by atoms with Gasteiger partial charge in [0.05, 0.1) is 20.3 Å². The van der Waals surface area contributed by atoms with Crippen LogP contribution in [0.1, 0.15) is 24.7 Å². The van der Waals surface area contributed by atoms with Crippen LogP contribution >= 0.6 is 0 Å². The molecule has 1 fully saturated rings. The summed E-state index contributed by atoms with van der Waals surface area (Å²) in [5.74, 6) is 0.527. The minimum absolute atomic E-state index is 0.0405. The largest absolute Gasteiger partial charge is 0.497 e. The summed E-state index contributed by atoms with van der Waals surface area (Å²) >= 11 is 0. The second-order valence-corrected chi connectivity index (χ2v) is 4.79. The van der Waals surface area contributed by atoms with E-state index in [2.05, 4.69) is 0 Å². The van der Waals surface area contributed by atoms with E-state index in [1.807, 2.05) is 12.1 Å². The molecule has 0 bridgehead atoms. The summed E-state index contributed by atoms with van der Waals surface area (Å²) in [5, 5.41) is 0. The Kier molecular flexibility index (Phi) is 4.88. The van der Waals surface area contributed by atoms with Gasteiger partial charge in [0.1, 0.15) is 5.75 Å². The molecule has 112 valence electrons. The SMILES string of the molecule is COc1ccc(C2OCC(CCC(F)(F)F)CO2)cc1. The molecule has 0 unspecified atom stereocenters. The summed E-state index contributed by atoms with van der Waals surface area (Å²) in [5.41, 5.74) is 0.833. The maximum atomic E-state index is 12.1. The van der Waals surface area contributed by atoms with Gasteiger partial charge in [0, 0.05) is 17.9 Å². The second kappa shape index (κ2) is 6.45. The maximum absolute atomic E-state index is 12.1. The zero-order chi connectivity index (χ0) is 14.6. The third kappa shape index (κ3) is 4.38. The molecule has 0 saturated carbocycles. The van der Waals surface area contributed by atoms with Crippen molar-refractivity contribution in [3.63, 3.8) is 0 Å². The number of alkyl halides is 3. The molecule has 1 heterocycles. The van der Waals surface area contributed by atoms with Gasteiger partial charge in [-0.3, -0.25) is 0 Å². The molecule has 0 atom stereocenters. The number of methoxy groups -OCH3 is 1. The Balaban J connectivity index is 1.81. The first kappa shape index (κ1) is 15.1. The van der Waals surface area contributed by atoms with Gasteiger partial charge < -0.3 is 14.2 Å². The zero-order valence-corrected chi connectivity index (χ0v) is 11.2. The Labute approximate surface area is 115 Å². The van der Waals surface area contributed by atoms with Crippen LogP contribution in [-0.2, 0) is 9.47 Å². The Bertz CT molecular complexity index is 409. The molecule has 0 amide bonds. The first-order valence-corrected chi connectivity index (χ1v) is 6.42. The standard InChI is InChI=1S/C14H17F3O3/c1-18-12-4-2-11(3-5-12)13-19-8-10(9-20-13)6-7-14(15,16)17/h2-5,10,13H,6-9H2,1H3. The van der Waals surface area contributed by atoms with E-state index in [0.29, 0.717) is 0 Å². The average molecular weight is 290 g/mol. The molecule has 2 rings (SSSR count). The monoisotopic (exact) mass is 290 g/mol. The van der Waals surface area contributed by atoms with Gasteiger partial charge in [-0.05, 0) is 18.6 Å². The van der Waals surface area contributed by atoms with E-state index in [4.69, 9.17) is 14.2 Å². The fourth-order valence-corrected chi connectivity index (χ4v) is 2.03. The zero-order valence-electron chi connectivity index (χ0n) is 11.2. The molecular weight excluding hydrogens is 273 g/mol. The number of ether oxygens (including phenoxy) is 3. The molecule has 0 aliphatic carbocycles. The van der Waals surface area contributed by atoms with Gasteiger partial charge in [-0.1, -0.05) is 12.1 Å². The third-order valence-electron chi connectivity index (χ3n) is 3.19. The van der Waals surface area contributed by atoms with Crippen molar-refractivity contribution in [2.45, 2.75) is 25.3 Å². The lowest BCUT2D eigenvalue weighted by Crippen LogP contribution is -2.28. The van der Waals surface area contributed by atoms with Crippen LogP contribution in [0.2, 0.25) is 0 Å². The molecule has 1 aliphatic heterocycles. The van der Waals surface area contributed by atoms with Gasteiger partial charge in [-0.25, -0.2) is 0 Å². The van der Waals surface area contributed by atoms with Crippen LogP contribution in [0, 0.1) is 5.92 Å². The van der Waals surface area contributed by atoms with Gasteiger partial charge in [-0.2, -0.15) is 13.2 Å². The number of halogens is 3. The Morgan fingerprint density at radius 2 is 1.75 bits per heavy atom. The van der Waals surface area contributed by atoms with Crippen LogP contribution in [-0.4, -0.2) is 26.5 Å². The third-order valence-corrected chi connectivity index (χ3v) is 3.19. The topological polar surface area (TPSA) is 27.7 Å². The molecule has 1 aromatic carbocycles. The van der Waals surface area contributed by atoms with Crippen LogP contribution in [0.3, 0.4) is 0 Å². The van der Waals surface area contributed by atoms with E-state index in [1.54, 1.807) is 19.2 Å². The molecule has 0 N–H and O–H groups in total. The molecular formula is C14H17F3O3. The van der Waals surface area contributed by atoms with E-state index in [1.165, 1.54) is 0 Å². The fraction of sp³-hybridized carbons (Fsp3) is 0.571. The normalized spacial score (nSPS) is 23.6. The Morgan fingerprint density at radius 3 is 2.25 bits per heavy atom. The minimum atomic E-state index is -4.12. The number of hydrogen-bond donors (Lipinski definition) is 0. The van der Waals surface area contributed by atoms with Crippen LogP contribution in [0.25, 0.3) is 0 Å². The highest BCUT2D eigenvalue weighted by Gasteiger charge is 2.30. The Morgan fingerprint density at radius 1 is 1.15 bits per heavy atom. The van der Waals surface area contributed by atoms with Crippen molar-refractivity contribution in [3.05, 3.63) is 29.8 Å². The molecule has 0 aromatic heterocycles. The molecule has 3 nitrogen and oxygen atoms in total. The summed E-state index contributed by atoms with van der Waals surface area (Å²) in [4.78, 5) is 0. The lowest BCUT2D eigenvalue weighted by molar-refractivity contribution is -0.211. The van der Waals surface area contributed by atoms with Gasteiger partial charge in [0.25, 0.3) is 0 Å². The number of rotatable bonds is 4. The Hall–Kier alpha value is -1.27. The summed E-state index contributed by atoms with van der Waals surface area (Å²) in [6.07, 6.45) is -5.38. The minimum Gasteiger partial charge on any atom is -0.497 e. The van der Waals surface area contributed by atoms with Crippen molar-refractivity contribution in [2.24, 2.45) is 5.92 Å². The van der Waals surface area contributed by atoms with E-state index >= 15 is 0 Å². The summed E-state index contributed by atoms with van der Waals surface area (Å²) in [6, 6.07) is 7.22. The molecule has 1 aromatic rings. The molecule has 0 spiro atoms. The van der Waals surface area contributed by atoms with Gasteiger partial charge >= 0.3 is 6.18 Å². The molecule has 1 saturated heterocycles. The van der Waals surface area contributed by atoms with Crippen LogP contribution in [0.15, 0.2) is 24.3 Å². The van der Waals surface area contributed by atoms with Gasteiger partial charge in [0.2, 0.25) is 0 Å². The highest BCUT2D eigenvalue weighted by atomic mass is 19.4. The average Bonchev–Trinajstić information content (AvgIpc) is 2.45. The van der Waals surface area contributed by atoms with E-state index in [-0.39, 0.29) is 25.6 Å². The molecule has 20 heavy (non-hydrogen) atoms. The van der Waals surface area contributed by atoms with Crippen molar-refractivity contribution in [1.82, 2.24) is 0 Å². The van der Waals surface area contributed by atoms with Crippen molar-refractivity contribution in [1.29, 1.82) is 0 Å². The molecule has 1 aliphatic rings. The van der Waals surface area contributed by atoms with Gasteiger partial charge in [0.15, 0.2) is 6.29 Å². The van der Waals surface area contributed by atoms with Gasteiger partial charge in [-0.15, -0.1) is 0 Å². The highest BCUT2D eigenvalue weighted by Crippen LogP contribution is 2.30. The maximum Gasteiger partial charge on any atom is 0.389 e. The van der Waals surface area contributed by atoms with Crippen molar-refractivity contribution < 1.29 is 27.4 Å². The lowest BCUT2D eigenvalue weighted by atomic mass is 10.0. The number of benzene rings is 1. The first-order valence-electron chi connectivity index (χ1n) is 6.42.